The third-order valence-electron chi connectivity index (χ3n) is 5.65. The Hall–Kier alpha value is -4.86. The number of carboxylic acid groups (broad SMARTS) is 1. The largest absolute Gasteiger partial charge is 0.486 e. The lowest BCUT2D eigenvalue weighted by atomic mass is 10.1. The number of aromatic nitrogens is 1. The maximum atomic E-state index is 11.1. The van der Waals surface area contributed by atoms with E-state index in [0.717, 1.165) is 38.1 Å². The molecule has 0 aliphatic rings. The Balaban J connectivity index is 1.41. The first kappa shape index (κ1) is 22.9. The van der Waals surface area contributed by atoms with Crippen molar-refractivity contribution in [3.8, 4) is 21.0 Å². The zero-order chi connectivity index (χ0) is 24.9. The number of nitrogens with one attached hydrogen (secondary N) is 1. The number of aromatic amines is 1. The minimum Gasteiger partial charge on any atom is -0.486 e. The van der Waals surface area contributed by atoms with Gasteiger partial charge in [-0.15, -0.1) is 11.3 Å². The fraction of sp³-hybridized carbons (Fsp3) is 0. The fourth-order valence-corrected chi connectivity index (χ4v) is 4.93. The third kappa shape index (κ3) is 4.83. The highest BCUT2D eigenvalue weighted by Crippen LogP contribution is 2.38. The predicted molar refractivity (Wildman–Crippen MR) is 146 cm³/mol. The Morgan fingerprint density at radius 1 is 0.778 bits per heavy atom. The van der Waals surface area contributed by atoms with Crippen LogP contribution in [0.15, 0.2) is 115 Å². The van der Waals surface area contributed by atoms with E-state index in [1.807, 2.05) is 48.5 Å². The summed E-state index contributed by atoms with van der Waals surface area (Å²) in [6, 6.07) is 36.9. The van der Waals surface area contributed by atoms with Crippen LogP contribution in [0.1, 0.15) is 5.69 Å². The second kappa shape index (κ2) is 10.2. The zero-order valence-electron chi connectivity index (χ0n) is 19.1. The summed E-state index contributed by atoms with van der Waals surface area (Å²) < 4.78 is 0. The smallest absolute Gasteiger partial charge is 0.333 e. The van der Waals surface area contributed by atoms with E-state index < -0.39 is 5.97 Å². The van der Waals surface area contributed by atoms with Crippen LogP contribution in [0.5, 0.6) is 0 Å². The van der Waals surface area contributed by atoms with Crippen LogP contribution >= 0.6 is 11.3 Å². The van der Waals surface area contributed by atoms with Gasteiger partial charge in [0.05, 0.1) is 17.1 Å². The number of carboxylic acids is 1. The van der Waals surface area contributed by atoms with Crippen molar-refractivity contribution < 1.29 is 9.90 Å². The van der Waals surface area contributed by atoms with Gasteiger partial charge in [-0.25, -0.2) is 4.85 Å². The monoisotopic (exact) mass is 487 g/mol. The van der Waals surface area contributed by atoms with Gasteiger partial charge in [0.25, 0.3) is 5.70 Å². The molecule has 0 saturated heterocycles. The summed E-state index contributed by atoms with van der Waals surface area (Å²) in [5.41, 5.74) is 5.51. The number of nitrogens with zero attached hydrogens (tertiary/aromatic N) is 2. The molecule has 5 nitrogen and oxygen atoms in total. The van der Waals surface area contributed by atoms with Crippen LogP contribution in [0.3, 0.4) is 0 Å². The first-order valence-corrected chi connectivity index (χ1v) is 12.1. The van der Waals surface area contributed by atoms with Crippen LogP contribution in [-0.4, -0.2) is 16.1 Å². The molecule has 6 heteroatoms. The van der Waals surface area contributed by atoms with Crippen LogP contribution in [0.4, 0.5) is 17.1 Å². The highest BCUT2D eigenvalue weighted by Gasteiger charge is 2.13. The number of benzene rings is 3. The minimum absolute atomic E-state index is 0.324. The van der Waals surface area contributed by atoms with E-state index in [-0.39, 0.29) is 5.70 Å². The number of aliphatic carboxylic acids is 1. The van der Waals surface area contributed by atoms with Crippen LogP contribution in [0, 0.1) is 6.57 Å². The number of hydrogen-bond acceptors (Lipinski definition) is 3. The number of hydrogen-bond donors (Lipinski definition) is 2. The van der Waals surface area contributed by atoms with Crippen molar-refractivity contribution in [2.24, 2.45) is 0 Å². The van der Waals surface area contributed by atoms with Gasteiger partial charge in [-0.2, -0.15) is 0 Å². The van der Waals surface area contributed by atoms with Crippen LogP contribution in [0.25, 0.3) is 31.9 Å². The molecule has 2 N–H and O–H groups in total. The topological polar surface area (TPSA) is 60.7 Å². The van der Waals surface area contributed by atoms with Crippen molar-refractivity contribution in [1.29, 1.82) is 0 Å². The van der Waals surface area contributed by atoms with E-state index in [0.29, 0.717) is 5.69 Å². The summed E-state index contributed by atoms with van der Waals surface area (Å²) in [6.45, 7) is 7.01. The highest BCUT2D eigenvalue weighted by atomic mass is 32.1. The molecule has 36 heavy (non-hydrogen) atoms. The van der Waals surface area contributed by atoms with Gasteiger partial charge in [-0.1, -0.05) is 48.5 Å². The molecule has 0 aliphatic carbocycles. The second-order valence-corrected chi connectivity index (χ2v) is 9.07. The molecule has 174 valence electrons. The zero-order valence-corrected chi connectivity index (χ0v) is 19.9. The summed E-state index contributed by atoms with van der Waals surface area (Å²) in [4.78, 5) is 21.7. The Morgan fingerprint density at radius 2 is 1.36 bits per heavy atom. The molecule has 0 saturated carbocycles. The van der Waals surface area contributed by atoms with Crippen molar-refractivity contribution in [2.75, 3.05) is 4.90 Å². The minimum atomic E-state index is -1.24. The van der Waals surface area contributed by atoms with Gasteiger partial charge >= 0.3 is 5.97 Å². The van der Waals surface area contributed by atoms with E-state index in [1.165, 1.54) is 6.08 Å². The summed E-state index contributed by atoms with van der Waals surface area (Å²) in [6.07, 6.45) is 1.34. The lowest BCUT2D eigenvalue weighted by Gasteiger charge is -2.25. The standard InChI is InChI=1S/C30H21N3O2S/c1-31-27(30(34)35)20-22-14-17-26(32-22)29-19-18-28(36-29)21-12-15-25(16-13-21)33(23-8-4-2-5-9-23)24-10-6-3-7-11-24/h2-20,32H,(H,34,35)/b27-20-. The molecular formula is C30H21N3O2S. The number of rotatable bonds is 7. The van der Waals surface area contributed by atoms with Gasteiger partial charge in [0.2, 0.25) is 0 Å². The van der Waals surface area contributed by atoms with Crippen molar-refractivity contribution in [1.82, 2.24) is 4.98 Å². The molecule has 0 aliphatic heterocycles. The van der Waals surface area contributed by atoms with Gasteiger partial charge in [0.15, 0.2) is 0 Å². The van der Waals surface area contributed by atoms with Gasteiger partial charge < -0.3 is 15.0 Å². The predicted octanol–water partition coefficient (Wildman–Crippen LogP) is 8.22. The lowest BCUT2D eigenvalue weighted by Crippen LogP contribution is -2.09. The highest BCUT2D eigenvalue weighted by molar-refractivity contribution is 7.18. The molecule has 0 fully saturated rings. The first-order chi connectivity index (χ1) is 17.6. The molecule has 2 heterocycles. The van der Waals surface area contributed by atoms with Crippen LogP contribution in [-0.2, 0) is 4.79 Å². The average molecular weight is 488 g/mol. The average Bonchev–Trinajstić information content (AvgIpc) is 3.59. The van der Waals surface area contributed by atoms with Crippen LogP contribution in [0.2, 0.25) is 0 Å². The van der Waals surface area contributed by atoms with Gasteiger partial charge in [0, 0.05) is 27.6 Å². The van der Waals surface area contributed by atoms with E-state index in [1.54, 1.807) is 17.4 Å². The van der Waals surface area contributed by atoms with Gasteiger partial charge in [0.1, 0.15) is 0 Å². The van der Waals surface area contributed by atoms with E-state index >= 15 is 0 Å². The Labute approximate surface area is 213 Å². The lowest BCUT2D eigenvalue weighted by molar-refractivity contribution is -0.132. The number of carbonyl (C=O) groups is 1. The van der Waals surface area contributed by atoms with Crippen molar-refractivity contribution in [3.63, 3.8) is 0 Å². The molecular weight excluding hydrogens is 466 g/mol. The molecule has 0 unspecified atom stereocenters. The number of anilines is 3. The molecule has 5 aromatic rings. The maximum Gasteiger partial charge on any atom is 0.333 e. The van der Waals surface area contributed by atoms with Crippen molar-refractivity contribution in [2.45, 2.75) is 0 Å². The van der Waals surface area contributed by atoms with Crippen LogP contribution < -0.4 is 4.90 Å². The Bertz CT molecular complexity index is 1520. The fourth-order valence-electron chi connectivity index (χ4n) is 3.94. The quantitative estimate of drug-likeness (QED) is 0.180. The number of H-pyrrole nitrogens is 1. The van der Waals surface area contributed by atoms with Gasteiger partial charge in [-0.3, -0.25) is 4.79 Å². The third-order valence-corrected chi connectivity index (χ3v) is 6.82. The summed E-state index contributed by atoms with van der Waals surface area (Å²) in [5.74, 6) is -1.24. The van der Waals surface area contributed by atoms with E-state index in [9.17, 15) is 4.79 Å². The molecule has 0 amide bonds. The first-order valence-electron chi connectivity index (χ1n) is 11.2. The maximum absolute atomic E-state index is 11.1. The normalized spacial score (nSPS) is 11.1. The molecule has 5 rings (SSSR count). The molecule has 0 radical (unpaired) electrons. The molecule has 0 bridgehead atoms. The molecule has 3 aromatic carbocycles. The summed E-state index contributed by atoms with van der Waals surface area (Å²) >= 11 is 1.65. The Morgan fingerprint density at radius 3 is 1.94 bits per heavy atom. The molecule has 0 spiro atoms. The second-order valence-electron chi connectivity index (χ2n) is 7.99. The van der Waals surface area contributed by atoms with Gasteiger partial charge in [-0.05, 0) is 72.3 Å². The number of thiophene rings is 1. The Kier molecular flexibility index (Phi) is 6.48. The van der Waals surface area contributed by atoms with E-state index in [4.69, 9.17) is 11.7 Å². The molecule has 2 aromatic heterocycles. The number of para-hydroxylation sites is 2. The van der Waals surface area contributed by atoms with E-state index in [2.05, 4.69) is 69.3 Å². The summed E-state index contributed by atoms with van der Waals surface area (Å²) in [5, 5.41) is 9.07. The molecule has 0 atom stereocenters. The SMILES string of the molecule is [C-]#[N+]/C(=C\c1ccc(-c2ccc(-c3ccc(N(c4ccccc4)c4ccccc4)cc3)s2)[nH]1)C(=O)O. The van der Waals surface area contributed by atoms with Crippen molar-refractivity contribution in [3.05, 3.63) is 132 Å². The summed E-state index contributed by atoms with van der Waals surface area (Å²) in [7, 11) is 0. The van der Waals surface area contributed by atoms with Crippen molar-refractivity contribution >= 4 is 40.4 Å².